The van der Waals surface area contributed by atoms with Crippen molar-refractivity contribution in [3.05, 3.63) is 0 Å². The Bertz CT molecular complexity index is 181. The fourth-order valence-corrected chi connectivity index (χ4v) is 3.16. The number of hydrogen-bond acceptors (Lipinski definition) is 2. The monoisotopic (exact) mass is 184 g/mol. The highest BCUT2D eigenvalue weighted by atomic mass is 16.5. The minimum Gasteiger partial charge on any atom is -0.394 e. The molecule has 1 saturated heterocycles. The first-order valence-electron chi connectivity index (χ1n) is 5.59. The minimum atomic E-state index is 0.132. The zero-order chi connectivity index (χ0) is 9.31. The molecule has 2 fully saturated rings. The number of hydrogen-bond donors (Lipinski definition) is 1. The van der Waals surface area contributed by atoms with Crippen LogP contribution in [-0.2, 0) is 4.74 Å². The summed E-state index contributed by atoms with van der Waals surface area (Å²) < 4.78 is 6.01. The van der Waals surface area contributed by atoms with Crippen LogP contribution >= 0.6 is 0 Å². The van der Waals surface area contributed by atoms with E-state index in [4.69, 9.17) is 9.84 Å². The third kappa shape index (κ3) is 1.50. The summed E-state index contributed by atoms with van der Waals surface area (Å²) in [5, 5.41) is 9.04. The molecule has 0 bridgehead atoms. The maximum absolute atomic E-state index is 9.04. The van der Waals surface area contributed by atoms with Crippen LogP contribution < -0.4 is 0 Å². The molecule has 1 aliphatic carbocycles. The van der Waals surface area contributed by atoms with Crippen molar-refractivity contribution in [3.63, 3.8) is 0 Å². The molecule has 2 heteroatoms. The minimum absolute atomic E-state index is 0.132. The standard InChI is InChI=1S/C11H20O2/c1-2-9-4-3-6-11(9)7-5-10(8-12)13-11/h9-10,12H,2-8H2,1H3/t9-,10+,11-/m1/s1. The predicted octanol–water partition coefficient (Wildman–Crippen LogP) is 2.11. The number of aliphatic hydroxyl groups is 1. The van der Waals surface area contributed by atoms with Crippen molar-refractivity contribution in [3.8, 4) is 0 Å². The summed E-state index contributed by atoms with van der Waals surface area (Å²) in [5.41, 5.74) is 0.169. The van der Waals surface area contributed by atoms with Crippen LogP contribution in [0.5, 0.6) is 0 Å². The fourth-order valence-electron chi connectivity index (χ4n) is 3.16. The van der Waals surface area contributed by atoms with Crippen LogP contribution in [0.1, 0.15) is 45.4 Å². The maximum atomic E-state index is 9.04. The number of ether oxygens (including phenoxy) is 1. The van der Waals surface area contributed by atoms with Gasteiger partial charge in [-0.3, -0.25) is 0 Å². The van der Waals surface area contributed by atoms with Gasteiger partial charge in [0.05, 0.1) is 18.3 Å². The van der Waals surface area contributed by atoms with E-state index in [1.54, 1.807) is 0 Å². The molecule has 76 valence electrons. The SMILES string of the molecule is CC[C@@H]1CCC[C@@]12CC[C@@H](CO)O2. The van der Waals surface area contributed by atoms with Gasteiger partial charge >= 0.3 is 0 Å². The van der Waals surface area contributed by atoms with Gasteiger partial charge in [-0.25, -0.2) is 0 Å². The molecule has 0 aromatic heterocycles. The van der Waals surface area contributed by atoms with Gasteiger partial charge in [-0.05, 0) is 31.6 Å². The quantitative estimate of drug-likeness (QED) is 0.712. The van der Waals surface area contributed by atoms with Crippen molar-refractivity contribution in [2.45, 2.75) is 57.2 Å². The smallest absolute Gasteiger partial charge is 0.0814 e. The van der Waals surface area contributed by atoms with Crippen LogP contribution in [-0.4, -0.2) is 23.4 Å². The summed E-state index contributed by atoms with van der Waals surface area (Å²) in [4.78, 5) is 0. The van der Waals surface area contributed by atoms with Gasteiger partial charge in [0.15, 0.2) is 0 Å². The van der Waals surface area contributed by atoms with Crippen LogP contribution in [0.4, 0.5) is 0 Å². The number of aliphatic hydroxyl groups excluding tert-OH is 1. The Morgan fingerprint density at radius 2 is 2.23 bits per heavy atom. The van der Waals surface area contributed by atoms with Crippen molar-refractivity contribution in [2.24, 2.45) is 5.92 Å². The van der Waals surface area contributed by atoms with Gasteiger partial charge in [-0.15, -0.1) is 0 Å². The highest BCUT2D eigenvalue weighted by Crippen LogP contribution is 2.48. The summed E-state index contributed by atoms with van der Waals surface area (Å²) >= 11 is 0. The second kappa shape index (κ2) is 3.58. The first-order chi connectivity index (χ1) is 6.30. The molecule has 3 atom stereocenters. The van der Waals surface area contributed by atoms with Gasteiger partial charge in [0.25, 0.3) is 0 Å². The van der Waals surface area contributed by atoms with Crippen LogP contribution in [0.15, 0.2) is 0 Å². The normalized spacial score (nSPS) is 44.8. The van der Waals surface area contributed by atoms with E-state index in [0.29, 0.717) is 0 Å². The lowest BCUT2D eigenvalue weighted by Crippen LogP contribution is -2.33. The van der Waals surface area contributed by atoms with E-state index in [1.165, 1.54) is 32.1 Å². The molecular formula is C11H20O2. The first-order valence-corrected chi connectivity index (χ1v) is 5.59. The number of rotatable bonds is 2. The van der Waals surface area contributed by atoms with Crippen LogP contribution in [0.3, 0.4) is 0 Å². The molecular weight excluding hydrogens is 164 g/mol. The van der Waals surface area contributed by atoms with Crippen molar-refractivity contribution in [1.82, 2.24) is 0 Å². The third-order valence-electron chi connectivity index (χ3n) is 3.88. The summed E-state index contributed by atoms with van der Waals surface area (Å²) in [7, 11) is 0. The molecule has 0 unspecified atom stereocenters. The average molecular weight is 184 g/mol. The zero-order valence-electron chi connectivity index (χ0n) is 8.46. The first kappa shape index (κ1) is 9.47. The maximum Gasteiger partial charge on any atom is 0.0814 e. The topological polar surface area (TPSA) is 29.5 Å². The molecule has 2 aliphatic rings. The predicted molar refractivity (Wildman–Crippen MR) is 51.6 cm³/mol. The molecule has 0 aromatic rings. The molecule has 2 nitrogen and oxygen atoms in total. The molecule has 1 aliphatic heterocycles. The lowest BCUT2D eigenvalue weighted by atomic mass is 9.86. The molecule has 0 radical (unpaired) electrons. The lowest BCUT2D eigenvalue weighted by Gasteiger charge is -2.30. The highest BCUT2D eigenvalue weighted by Gasteiger charge is 2.47. The molecule has 2 rings (SSSR count). The molecule has 13 heavy (non-hydrogen) atoms. The Morgan fingerprint density at radius 3 is 2.85 bits per heavy atom. The molecule has 1 saturated carbocycles. The molecule has 1 heterocycles. The Labute approximate surface area is 80.3 Å². The van der Waals surface area contributed by atoms with Crippen LogP contribution in [0.25, 0.3) is 0 Å². The Balaban J connectivity index is 2.04. The van der Waals surface area contributed by atoms with Gasteiger partial charge in [0, 0.05) is 0 Å². The van der Waals surface area contributed by atoms with E-state index < -0.39 is 0 Å². The summed E-state index contributed by atoms with van der Waals surface area (Å²) in [6.45, 7) is 2.46. The average Bonchev–Trinajstić information content (AvgIpc) is 2.74. The molecule has 1 N–H and O–H groups in total. The van der Waals surface area contributed by atoms with E-state index in [-0.39, 0.29) is 18.3 Å². The van der Waals surface area contributed by atoms with Crippen molar-refractivity contribution < 1.29 is 9.84 Å². The van der Waals surface area contributed by atoms with E-state index in [2.05, 4.69) is 6.92 Å². The Hall–Kier alpha value is -0.0800. The van der Waals surface area contributed by atoms with E-state index in [1.807, 2.05) is 0 Å². The molecule has 0 amide bonds. The molecule has 0 aromatic carbocycles. The molecule has 1 spiro atoms. The van der Waals surface area contributed by atoms with Crippen LogP contribution in [0, 0.1) is 5.92 Å². The third-order valence-corrected chi connectivity index (χ3v) is 3.88. The van der Waals surface area contributed by atoms with E-state index in [0.717, 1.165) is 12.3 Å². The van der Waals surface area contributed by atoms with E-state index >= 15 is 0 Å². The van der Waals surface area contributed by atoms with E-state index in [9.17, 15) is 0 Å². The zero-order valence-corrected chi connectivity index (χ0v) is 8.46. The fraction of sp³-hybridized carbons (Fsp3) is 1.00. The second-order valence-corrected chi connectivity index (χ2v) is 4.52. The second-order valence-electron chi connectivity index (χ2n) is 4.52. The van der Waals surface area contributed by atoms with Gasteiger partial charge in [-0.2, -0.15) is 0 Å². The lowest BCUT2D eigenvalue weighted by molar-refractivity contribution is -0.0808. The summed E-state index contributed by atoms with van der Waals surface area (Å²) in [6, 6.07) is 0. The van der Waals surface area contributed by atoms with Gasteiger partial charge in [-0.1, -0.05) is 19.8 Å². The largest absolute Gasteiger partial charge is 0.394 e. The highest BCUT2D eigenvalue weighted by molar-refractivity contribution is 4.98. The Kier molecular flexibility index (Phi) is 2.61. The van der Waals surface area contributed by atoms with Gasteiger partial charge in [0.1, 0.15) is 0 Å². The van der Waals surface area contributed by atoms with Gasteiger partial charge in [0.2, 0.25) is 0 Å². The van der Waals surface area contributed by atoms with Crippen molar-refractivity contribution >= 4 is 0 Å². The Morgan fingerprint density at radius 1 is 1.38 bits per heavy atom. The van der Waals surface area contributed by atoms with Crippen molar-refractivity contribution in [1.29, 1.82) is 0 Å². The summed E-state index contributed by atoms with van der Waals surface area (Å²) in [6.07, 6.45) is 7.47. The summed E-state index contributed by atoms with van der Waals surface area (Å²) in [5.74, 6) is 0.754. The van der Waals surface area contributed by atoms with Crippen molar-refractivity contribution in [2.75, 3.05) is 6.61 Å². The van der Waals surface area contributed by atoms with Crippen LogP contribution in [0.2, 0.25) is 0 Å². The van der Waals surface area contributed by atoms with Gasteiger partial charge < -0.3 is 9.84 Å².